The minimum Gasteiger partial charge on any atom is -0.872 e. The van der Waals surface area contributed by atoms with Crippen LogP contribution in [0.1, 0.15) is 47.2 Å². The zero-order valence-corrected chi connectivity index (χ0v) is 16.2. The summed E-state index contributed by atoms with van der Waals surface area (Å²) in [6, 6.07) is 8.56. The van der Waals surface area contributed by atoms with E-state index in [0.29, 0.717) is 34.9 Å². The molecule has 1 N–H and O–H groups in total. The van der Waals surface area contributed by atoms with Crippen LogP contribution in [0.5, 0.6) is 23.0 Å². The third-order valence-corrected chi connectivity index (χ3v) is 5.83. The summed E-state index contributed by atoms with van der Waals surface area (Å²) in [7, 11) is 0. The number of allylic oxidation sites excluding steroid dienone is 1. The van der Waals surface area contributed by atoms with Gasteiger partial charge in [-0.2, -0.15) is 0 Å². The smallest absolute Gasteiger partial charge is 0.231 e. The Labute approximate surface area is 169 Å². The van der Waals surface area contributed by atoms with Gasteiger partial charge in [-0.1, -0.05) is 17.9 Å². The van der Waals surface area contributed by atoms with Crippen molar-refractivity contribution in [2.24, 2.45) is 0 Å². The predicted octanol–water partition coefficient (Wildman–Crippen LogP) is 2.06. The van der Waals surface area contributed by atoms with Gasteiger partial charge in [-0.15, -0.1) is 0 Å². The molecule has 2 aromatic rings. The van der Waals surface area contributed by atoms with Gasteiger partial charge >= 0.3 is 0 Å². The lowest BCUT2D eigenvalue weighted by Crippen LogP contribution is -3.10. The first-order valence-electron chi connectivity index (χ1n) is 10.2. The molecule has 1 fully saturated rings. The lowest BCUT2D eigenvalue weighted by molar-refractivity contribution is -0.913. The summed E-state index contributed by atoms with van der Waals surface area (Å²) in [6.07, 6.45) is 6.54. The van der Waals surface area contributed by atoms with E-state index in [-0.39, 0.29) is 24.1 Å². The first-order chi connectivity index (χ1) is 14.2. The largest absolute Gasteiger partial charge is 0.872 e. The maximum atomic E-state index is 12.9. The fourth-order valence-electron chi connectivity index (χ4n) is 4.27. The van der Waals surface area contributed by atoms with Crippen molar-refractivity contribution < 1.29 is 29.0 Å². The molecule has 0 bridgehead atoms. The van der Waals surface area contributed by atoms with E-state index in [4.69, 9.17) is 14.2 Å². The third-order valence-electron chi connectivity index (χ3n) is 5.83. The molecule has 150 valence electrons. The van der Waals surface area contributed by atoms with Crippen molar-refractivity contribution in [1.29, 1.82) is 0 Å². The van der Waals surface area contributed by atoms with Gasteiger partial charge in [-0.05, 0) is 55.5 Å². The Bertz CT molecular complexity index is 989. The number of nitrogens with one attached hydrogen (secondary N) is 1. The van der Waals surface area contributed by atoms with Gasteiger partial charge in [0.15, 0.2) is 17.3 Å². The average Bonchev–Trinajstić information content (AvgIpc) is 3.20. The molecule has 0 atom stereocenters. The SMILES string of the molecule is O=C1/C(=C/c2ccc3c(c2)OCO3)Oc2c1ccc([O-])c2C[NH+]1CCCCCC1. The van der Waals surface area contributed by atoms with E-state index in [1.54, 1.807) is 12.1 Å². The van der Waals surface area contributed by atoms with E-state index in [1.165, 1.54) is 36.6 Å². The molecule has 5 rings (SSSR count). The van der Waals surface area contributed by atoms with Crippen LogP contribution in [-0.4, -0.2) is 25.7 Å². The number of benzene rings is 2. The van der Waals surface area contributed by atoms with Crippen molar-refractivity contribution in [1.82, 2.24) is 0 Å². The molecule has 0 unspecified atom stereocenters. The fourth-order valence-corrected chi connectivity index (χ4v) is 4.27. The second-order valence-corrected chi connectivity index (χ2v) is 7.81. The highest BCUT2D eigenvalue weighted by atomic mass is 16.7. The topological polar surface area (TPSA) is 72.3 Å². The number of likely N-dealkylation sites (tertiary alicyclic amines) is 1. The lowest BCUT2D eigenvalue weighted by atomic mass is 10.0. The summed E-state index contributed by atoms with van der Waals surface area (Å²) in [5.41, 5.74) is 1.87. The maximum Gasteiger partial charge on any atom is 0.231 e. The van der Waals surface area contributed by atoms with Gasteiger partial charge in [0.25, 0.3) is 0 Å². The van der Waals surface area contributed by atoms with Crippen LogP contribution in [0.2, 0.25) is 0 Å². The number of rotatable bonds is 3. The van der Waals surface area contributed by atoms with Crippen LogP contribution >= 0.6 is 0 Å². The van der Waals surface area contributed by atoms with Gasteiger partial charge in [-0.25, -0.2) is 0 Å². The molecule has 0 radical (unpaired) electrons. The van der Waals surface area contributed by atoms with Crippen molar-refractivity contribution >= 4 is 11.9 Å². The number of ketones is 1. The molecule has 1 saturated heterocycles. The Morgan fingerprint density at radius 1 is 1.00 bits per heavy atom. The summed E-state index contributed by atoms with van der Waals surface area (Å²) in [5, 5.41) is 12.6. The number of Topliss-reactive ketones (excluding diaryl/α,β-unsaturated/α-hetero) is 1. The van der Waals surface area contributed by atoms with Crippen molar-refractivity contribution in [3.05, 3.63) is 52.8 Å². The molecule has 0 aromatic heterocycles. The van der Waals surface area contributed by atoms with Crippen molar-refractivity contribution in [3.63, 3.8) is 0 Å². The van der Waals surface area contributed by atoms with Crippen LogP contribution in [0.3, 0.4) is 0 Å². The third kappa shape index (κ3) is 3.44. The number of hydrogen-bond donors (Lipinski definition) is 1. The molecule has 3 aliphatic rings. The van der Waals surface area contributed by atoms with E-state index in [1.807, 2.05) is 18.2 Å². The highest BCUT2D eigenvalue weighted by Crippen LogP contribution is 2.39. The standard InChI is InChI=1S/C23H23NO5/c25-18-7-6-16-22(26)21(12-15-5-8-19-20(11-15)28-14-27-19)29-23(16)17(18)13-24-9-3-1-2-4-10-24/h5-8,11-12,25H,1-4,9-10,13-14H2/b21-12-. The van der Waals surface area contributed by atoms with E-state index in [9.17, 15) is 9.90 Å². The van der Waals surface area contributed by atoms with Gasteiger partial charge in [-0.3, -0.25) is 4.79 Å². The summed E-state index contributed by atoms with van der Waals surface area (Å²) in [6.45, 7) is 2.91. The van der Waals surface area contributed by atoms with Crippen LogP contribution in [0.15, 0.2) is 36.1 Å². The first-order valence-corrected chi connectivity index (χ1v) is 10.2. The van der Waals surface area contributed by atoms with E-state index < -0.39 is 0 Å². The minimum absolute atomic E-state index is 0.0578. The molecule has 29 heavy (non-hydrogen) atoms. The minimum atomic E-state index is -0.190. The summed E-state index contributed by atoms with van der Waals surface area (Å²) in [4.78, 5) is 14.3. The summed E-state index contributed by atoms with van der Waals surface area (Å²) >= 11 is 0. The van der Waals surface area contributed by atoms with E-state index in [2.05, 4.69) is 0 Å². The lowest BCUT2D eigenvalue weighted by Gasteiger charge is -2.22. The maximum absolute atomic E-state index is 12.9. The predicted molar refractivity (Wildman–Crippen MR) is 104 cm³/mol. The summed E-state index contributed by atoms with van der Waals surface area (Å²) in [5.74, 6) is 1.76. The number of quaternary nitrogens is 1. The van der Waals surface area contributed by atoms with E-state index >= 15 is 0 Å². The average molecular weight is 393 g/mol. The van der Waals surface area contributed by atoms with Crippen LogP contribution in [0.25, 0.3) is 6.08 Å². The molecule has 3 heterocycles. The van der Waals surface area contributed by atoms with Crippen LogP contribution in [0, 0.1) is 0 Å². The molecule has 6 nitrogen and oxygen atoms in total. The monoisotopic (exact) mass is 393 g/mol. The second kappa shape index (κ2) is 7.44. The van der Waals surface area contributed by atoms with Crippen molar-refractivity contribution in [3.8, 4) is 23.0 Å². The first kappa shape index (κ1) is 18.1. The molecule has 3 aliphatic heterocycles. The summed E-state index contributed by atoms with van der Waals surface area (Å²) < 4.78 is 16.7. The molecule has 0 spiro atoms. The molecular weight excluding hydrogens is 370 g/mol. The van der Waals surface area contributed by atoms with E-state index in [0.717, 1.165) is 18.7 Å². The quantitative estimate of drug-likeness (QED) is 0.809. The Morgan fingerprint density at radius 2 is 1.79 bits per heavy atom. The number of carbonyl (C=O) groups excluding carboxylic acids is 1. The molecule has 0 aliphatic carbocycles. The Morgan fingerprint density at radius 3 is 2.62 bits per heavy atom. The molecule has 0 saturated carbocycles. The second-order valence-electron chi connectivity index (χ2n) is 7.81. The van der Waals surface area contributed by atoms with Crippen LogP contribution < -0.4 is 24.2 Å². The molecule has 0 amide bonds. The number of carbonyl (C=O) groups is 1. The Kier molecular flexibility index (Phi) is 4.64. The number of fused-ring (bicyclic) bond motifs is 2. The highest BCUT2D eigenvalue weighted by molar-refractivity contribution is 6.15. The van der Waals surface area contributed by atoms with Gasteiger partial charge in [0, 0.05) is 5.56 Å². The van der Waals surface area contributed by atoms with Gasteiger partial charge < -0.3 is 24.2 Å². The number of hydrogen-bond acceptors (Lipinski definition) is 5. The molecule has 6 heteroatoms. The van der Waals surface area contributed by atoms with Gasteiger partial charge in [0.1, 0.15) is 12.3 Å². The van der Waals surface area contributed by atoms with Gasteiger partial charge in [0.05, 0.1) is 18.7 Å². The molecular formula is C23H23NO5. The van der Waals surface area contributed by atoms with Crippen molar-refractivity contribution in [2.75, 3.05) is 19.9 Å². The number of ether oxygens (including phenoxy) is 3. The zero-order chi connectivity index (χ0) is 19.8. The van der Waals surface area contributed by atoms with Gasteiger partial charge in [0.2, 0.25) is 12.6 Å². The fraction of sp³-hybridized carbons (Fsp3) is 0.348. The van der Waals surface area contributed by atoms with Crippen molar-refractivity contribution in [2.45, 2.75) is 32.2 Å². The van der Waals surface area contributed by atoms with Crippen LogP contribution in [-0.2, 0) is 6.54 Å². The normalized spacial score (nSPS) is 19.9. The zero-order valence-electron chi connectivity index (χ0n) is 16.2. The highest BCUT2D eigenvalue weighted by Gasteiger charge is 2.31. The Hall–Kier alpha value is -2.99. The Balaban J connectivity index is 1.44. The van der Waals surface area contributed by atoms with Crippen LogP contribution in [0.4, 0.5) is 0 Å². The molecule has 2 aromatic carbocycles.